The van der Waals surface area contributed by atoms with Crippen molar-refractivity contribution in [2.45, 2.75) is 0 Å². The Kier molecular flexibility index (Phi) is 13.3. The van der Waals surface area contributed by atoms with Gasteiger partial charge in [-0.05, 0) is 0 Å². The van der Waals surface area contributed by atoms with E-state index in [1.807, 2.05) is 0 Å². The summed E-state index contributed by atoms with van der Waals surface area (Å²) < 4.78 is 0. The molecule has 0 aromatic rings. The van der Waals surface area contributed by atoms with E-state index in [1.165, 1.54) is 0 Å². The zero-order valence-electron chi connectivity index (χ0n) is 3.57. The molecular weight excluding hydrogens is 78.1 g/mol. The van der Waals surface area contributed by atoms with E-state index in [0.29, 0.717) is 0 Å². The molecule has 0 amide bonds. The summed E-state index contributed by atoms with van der Waals surface area (Å²) in [4.78, 5) is 0. The molecule has 0 aromatic carbocycles. The smallest absolute Gasteiger partial charge is 0.183 e. The summed E-state index contributed by atoms with van der Waals surface area (Å²) in [7, 11) is 0. The SMILES string of the molecule is C=C.N=C(N)N. The fourth-order valence-electron chi connectivity index (χ4n) is 0. The molecule has 0 radical (unpaired) electrons. The number of hydrogen-bond donors (Lipinski definition) is 3. The van der Waals surface area contributed by atoms with Crippen LogP contribution in [0.3, 0.4) is 0 Å². The Bertz CT molecular complexity index is 37.3. The molecule has 0 aromatic heterocycles. The zero-order chi connectivity index (χ0) is 5.58. The largest absolute Gasteiger partial charge is 0.370 e. The van der Waals surface area contributed by atoms with Gasteiger partial charge in [-0.25, -0.2) is 0 Å². The van der Waals surface area contributed by atoms with Gasteiger partial charge < -0.3 is 11.5 Å². The normalized spacial score (nSPS) is 4.67. The summed E-state index contributed by atoms with van der Waals surface area (Å²) >= 11 is 0. The Morgan fingerprint density at radius 3 is 1.33 bits per heavy atom. The fourth-order valence-corrected chi connectivity index (χ4v) is 0. The lowest BCUT2D eigenvalue weighted by Crippen LogP contribution is -2.20. The standard InChI is InChI=1S/C2H4.CH5N3/c1-2;2-1(3)4/h1-2H2;(H5,2,3,4). The van der Waals surface area contributed by atoms with Crippen LogP contribution in [0.15, 0.2) is 13.2 Å². The van der Waals surface area contributed by atoms with E-state index < -0.39 is 0 Å². The van der Waals surface area contributed by atoms with E-state index in [2.05, 4.69) is 24.6 Å². The van der Waals surface area contributed by atoms with E-state index in [4.69, 9.17) is 5.41 Å². The highest BCUT2D eigenvalue weighted by atomic mass is 14.9. The van der Waals surface area contributed by atoms with Gasteiger partial charge in [0.25, 0.3) is 0 Å². The van der Waals surface area contributed by atoms with Crippen LogP contribution in [0.4, 0.5) is 0 Å². The summed E-state index contributed by atoms with van der Waals surface area (Å²) in [6.45, 7) is 6.00. The molecule has 0 bridgehead atoms. The van der Waals surface area contributed by atoms with E-state index in [1.54, 1.807) is 0 Å². The molecule has 0 rings (SSSR count). The molecule has 0 saturated carbocycles. The van der Waals surface area contributed by atoms with Crippen molar-refractivity contribution in [2.75, 3.05) is 0 Å². The molecule has 0 aliphatic carbocycles. The van der Waals surface area contributed by atoms with Crippen LogP contribution in [0.25, 0.3) is 0 Å². The van der Waals surface area contributed by atoms with Gasteiger partial charge in [0.05, 0.1) is 0 Å². The van der Waals surface area contributed by atoms with Crippen LogP contribution in [0, 0.1) is 5.41 Å². The summed E-state index contributed by atoms with van der Waals surface area (Å²) in [5.41, 5.74) is 8.94. The van der Waals surface area contributed by atoms with Crippen molar-refractivity contribution in [3.8, 4) is 0 Å². The average molecular weight is 87.1 g/mol. The third kappa shape index (κ3) is 12.4. The molecule has 0 aliphatic heterocycles. The van der Waals surface area contributed by atoms with E-state index in [0.717, 1.165) is 0 Å². The van der Waals surface area contributed by atoms with Crippen LogP contribution in [-0.4, -0.2) is 5.96 Å². The Labute approximate surface area is 37.2 Å². The Morgan fingerprint density at radius 1 is 1.33 bits per heavy atom. The molecule has 3 nitrogen and oxygen atoms in total. The molecular formula is C3H9N3. The number of guanidine groups is 1. The van der Waals surface area contributed by atoms with Gasteiger partial charge in [0.2, 0.25) is 0 Å². The molecule has 5 N–H and O–H groups in total. The van der Waals surface area contributed by atoms with Gasteiger partial charge in [-0.15, -0.1) is 13.2 Å². The molecule has 36 valence electrons. The fraction of sp³-hybridized carbons (Fsp3) is 0. The van der Waals surface area contributed by atoms with Crippen molar-refractivity contribution in [2.24, 2.45) is 11.5 Å². The highest BCUT2D eigenvalue weighted by Gasteiger charge is 1.52. The molecule has 0 unspecified atom stereocenters. The lowest BCUT2D eigenvalue weighted by Gasteiger charge is -1.69. The lowest BCUT2D eigenvalue weighted by molar-refractivity contribution is 1.39. The topological polar surface area (TPSA) is 75.9 Å². The van der Waals surface area contributed by atoms with Gasteiger partial charge in [0.1, 0.15) is 0 Å². The molecule has 0 fully saturated rings. The van der Waals surface area contributed by atoms with E-state index in [9.17, 15) is 0 Å². The number of hydrogen-bond acceptors (Lipinski definition) is 1. The Morgan fingerprint density at radius 2 is 1.33 bits per heavy atom. The first-order valence-corrected chi connectivity index (χ1v) is 1.33. The Balaban J connectivity index is 0. The van der Waals surface area contributed by atoms with Crippen molar-refractivity contribution in [3.05, 3.63) is 13.2 Å². The summed E-state index contributed by atoms with van der Waals surface area (Å²) in [6, 6.07) is 0. The van der Waals surface area contributed by atoms with E-state index in [-0.39, 0.29) is 5.96 Å². The zero-order valence-corrected chi connectivity index (χ0v) is 3.57. The highest BCUT2D eigenvalue weighted by molar-refractivity contribution is 5.71. The molecule has 0 saturated heterocycles. The Hall–Kier alpha value is -0.990. The van der Waals surface area contributed by atoms with Crippen LogP contribution < -0.4 is 11.5 Å². The molecule has 0 heterocycles. The minimum absolute atomic E-state index is 0.333. The second-order valence-corrected chi connectivity index (χ2v) is 0.455. The van der Waals surface area contributed by atoms with Gasteiger partial charge in [-0.1, -0.05) is 0 Å². The summed E-state index contributed by atoms with van der Waals surface area (Å²) in [6.07, 6.45) is 0. The molecule has 0 aliphatic rings. The second kappa shape index (κ2) is 8.99. The second-order valence-electron chi connectivity index (χ2n) is 0.455. The molecule has 3 heteroatoms. The third-order valence-corrected chi connectivity index (χ3v) is 0. The average Bonchev–Trinajstić information content (AvgIpc) is 1.41. The summed E-state index contributed by atoms with van der Waals surface area (Å²) in [5.74, 6) is -0.333. The van der Waals surface area contributed by atoms with Crippen molar-refractivity contribution < 1.29 is 0 Å². The predicted octanol–water partition coefficient (Wildman–Crippen LogP) is -0.359. The monoisotopic (exact) mass is 87.1 g/mol. The molecule has 0 spiro atoms. The first kappa shape index (κ1) is 8.89. The number of rotatable bonds is 0. The van der Waals surface area contributed by atoms with Gasteiger partial charge in [-0.2, -0.15) is 0 Å². The van der Waals surface area contributed by atoms with Crippen molar-refractivity contribution in [3.63, 3.8) is 0 Å². The molecule has 0 atom stereocenters. The first-order valence-electron chi connectivity index (χ1n) is 1.33. The van der Waals surface area contributed by atoms with E-state index >= 15 is 0 Å². The van der Waals surface area contributed by atoms with Crippen LogP contribution in [0.5, 0.6) is 0 Å². The summed E-state index contributed by atoms with van der Waals surface area (Å²) in [5, 5.41) is 6.06. The van der Waals surface area contributed by atoms with Gasteiger partial charge in [0.15, 0.2) is 5.96 Å². The van der Waals surface area contributed by atoms with Gasteiger partial charge >= 0.3 is 0 Å². The number of nitrogens with one attached hydrogen (secondary N) is 1. The van der Waals surface area contributed by atoms with Gasteiger partial charge in [0, 0.05) is 0 Å². The predicted molar refractivity (Wildman–Crippen MR) is 27.4 cm³/mol. The molecule has 6 heavy (non-hydrogen) atoms. The van der Waals surface area contributed by atoms with Crippen molar-refractivity contribution in [1.29, 1.82) is 5.41 Å². The van der Waals surface area contributed by atoms with Crippen LogP contribution in [-0.2, 0) is 0 Å². The maximum atomic E-state index is 6.06. The van der Waals surface area contributed by atoms with Crippen LogP contribution in [0.1, 0.15) is 0 Å². The first-order chi connectivity index (χ1) is 2.73. The number of nitrogens with two attached hydrogens (primary N) is 2. The van der Waals surface area contributed by atoms with Crippen molar-refractivity contribution in [1.82, 2.24) is 0 Å². The maximum absolute atomic E-state index is 6.06. The lowest BCUT2D eigenvalue weighted by atomic mass is 11.1. The minimum atomic E-state index is -0.333. The van der Waals surface area contributed by atoms with Crippen LogP contribution in [0.2, 0.25) is 0 Å². The van der Waals surface area contributed by atoms with Crippen molar-refractivity contribution >= 4 is 5.96 Å². The highest BCUT2D eigenvalue weighted by Crippen LogP contribution is 1.13. The quantitative estimate of drug-likeness (QED) is 0.214. The maximum Gasteiger partial charge on any atom is 0.183 e. The third-order valence-electron chi connectivity index (χ3n) is 0. The minimum Gasteiger partial charge on any atom is -0.370 e. The van der Waals surface area contributed by atoms with Gasteiger partial charge in [-0.3, -0.25) is 5.41 Å². The van der Waals surface area contributed by atoms with Crippen LogP contribution >= 0.6 is 0 Å².